The highest BCUT2D eigenvalue weighted by atomic mass is 16.2. The van der Waals surface area contributed by atoms with Crippen molar-refractivity contribution in [3.63, 3.8) is 0 Å². The maximum absolute atomic E-state index is 12.3. The van der Waals surface area contributed by atoms with E-state index in [9.17, 15) is 9.59 Å². The van der Waals surface area contributed by atoms with Gasteiger partial charge in [0.05, 0.1) is 0 Å². The summed E-state index contributed by atoms with van der Waals surface area (Å²) in [6.07, 6.45) is 3.38. The van der Waals surface area contributed by atoms with Gasteiger partial charge in [0.25, 0.3) is 0 Å². The molecule has 2 amide bonds. The van der Waals surface area contributed by atoms with Crippen LogP contribution >= 0.6 is 0 Å². The molecule has 1 aliphatic heterocycles. The second-order valence-corrected chi connectivity index (χ2v) is 8.66. The molecule has 5 nitrogen and oxygen atoms in total. The summed E-state index contributed by atoms with van der Waals surface area (Å²) in [6.45, 7) is 11.4. The van der Waals surface area contributed by atoms with Crippen LogP contribution in [0.3, 0.4) is 0 Å². The van der Waals surface area contributed by atoms with E-state index in [2.05, 4.69) is 36.2 Å². The van der Waals surface area contributed by atoms with Crippen molar-refractivity contribution in [2.75, 3.05) is 36.4 Å². The van der Waals surface area contributed by atoms with Gasteiger partial charge in [-0.15, -0.1) is 0 Å². The van der Waals surface area contributed by atoms with Crippen molar-refractivity contribution < 1.29 is 9.59 Å². The monoisotopic (exact) mass is 419 g/mol. The molecule has 0 bridgehead atoms. The Morgan fingerprint density at radius 2 is 1.48 bits per heavy atom. The normalized spacial score (nSPS) is 14.5. The zero-order valence-corrected chi connectivity index (χ0v) is 19.0. The molecule has 0 spiro atoms. The molecule has 0 atom stereocenters. The van der Waals surface area contributed by atoms with E-state index in [0.717, 1.165) is 43.1 Å². The molecule has 2 aromatic carbocycles. The minimum absolute atomic E-state index is 0.0443. The Morgan fingerprint density at radius 1 is 0.871 bits per heavy atom. The van der Waals surface area contributed by atoms with Gasteiger partial charge >= 0.3 is 0 Å². The second kappa shape index (κ2) is 10.3. The molecule has 5 heteroatoms. The summed E-state index contributed by atoms with van der Waals surface area (Å²) in [5, 5.41) is 2.91. The highest BCUT2D eigenvalue weighted by Crippen LogP contribution is 2.20. The first-order valence-corrected chi connectivity index (χ1v) is 11.1. The van der Waals surface area contributed by atoms with Gasteiger partial charge in [0, 0.05) is 49.5 Å². The van der Waals surface area contributed by atoms with E-state index < -0.39 is 0 Å². The van der Waals surface area contributed by atoms with E-state index in [1.807, 2.05) is 61.2 Å². The van der Waals surface area contributed by atoms with Gasteiger partial charge in [0.15, 0.2) is 0 Å². The van der Waals surface area contributed by atoms with Gasteiger partial charge in [-0.1, -0.05) is 52.0 Å². The van der Waals surface area contributed by atoms with Gasteiger partial charge in [-0.25, -0.2) is 0 Å². The standard InChI is InChI=1S/C26H33N3O2/c1-19(2)22-8-5-21(6-9-22)7-14-25(30)27-23-10-12-24(13-11-23)28-15-17-29(18-16-28)26(31)20(3)4/h5-14,19-20H,15-18H2,1-4H3,(H,27,30). The highest BCUT2D eigenvalue weighted by molar-refractivity contribution is 6.02. The molecule has 1 aliphatic rings. The Bertz CT molecular complexity index is 907. The number of carbonyl (C=O) groups excluding carboxylic acids is 2. The van der Waals surface area contributed by atoms with Crippen LogP contribution in [-0.2, 0) is 9.59 Å². The van der Waals surface area contributed by atoms with Gasteiger partial charge < -0.3 is 15.1 Å². The number of carbonyl (C=O) groups is 2. The van der Waals surface area contributed by atoms with E-state index >= 15 is 0 Å². The summed E-state index contributed by atoms with van der Waals surface area (Å²) in [5.41, 5.74) is 4.16. The third-order valence-electron chi connectivity index (χ3n) is 5.62. The quantitative estimate of drug-likeness (QED) is 0.687. The molecule has 0 radical (unpaired) electrons. The second-order valence-electron chi connectivity index (χ2n) is 8.66. The molecular weight excluding hydrogens is 386 g/mol. The number of piperazine rings is 1. The average molecular weight is 420 g/mol. The predicted molar refractivity (Wildman–Crippen MR) is 128 cm³/mol. The Morgan fingerprint density at radius 3 is 2.03 bits per heavy atom. The number of nitrogens with one attached hydrogen (secondary N) is 1. The van der Waals surface area contributed by atoms with E-state index in [1.54, 1.807) is 6.08 Å². The van der Waals surface area contributed by atoms with Crippen LogP contribution in [0.2, 0.25) is 0 Å². The van der Waals surface area contributed by atoms with Crippen molar-refractivity contribution in [1.82, 2.24) is 4.90 Å². The lowest BCUT2D eigenvalue weighted by Gasteiger charge is -2.37. The van der Waals surface area contributed by atoms with Crippen molar-refractivity contribution >= 4 is 29.3 Å². The van der Waals surface area contributed by atoms with Crippen LogP contribution < -0.4 is 10.2 Å². The topological polar surface area (TPSA) is 52.7 Å². The molecular formula is C26H33N3O2. The number of benzene rings is 2. The molecule has 1 N–H and O–H groups in total. The van der Waals surface area contributed by atoms with E-state index in [0.29, 0.717) is 5.92 Å². The van der Waals surface area contributed by atoms with Crippen molar-refractivity contribution in [2.24, 2.45) is 5.92 Å². The minimum Gasteiger partial charge on any atom is -0.368 e. The summed E-state index contributed by atoms with van der Waals surface area (Å²) in [6, 6.07) is 16.1. The first kappa shape index (κ1) is 22.6. The molecule has 0 aliphatic carbocycles. The van der Waals surface area contributed by atoms with Crippen LogP contribution in [0.4, 0.5) is 11.4 Å². The van der Waals surface area contributed by atoms with Gasteiger partial charge in [0.1, 0.15) is 0 Å². The largest absolute Gasteiger partial charge is 0.368 e. The van der Waals surface area contributed by atoms with Gasteiger partial charge in [0.2, 0.25) is 11.8 Å². The van der Waals surface area contributed by atoms with Gasteiger partial charge in [-0.05, 0) is 47.4 Å². The number of hydrogen-bond donors (Lipinski definition) is 1. The molecule has 0 aromatic heterocycles. The SMILES string of the molecule is CC(C)C(=O)N1CCN(c2ccc(NC(=O)C=Cc3ccc(C(C)C)cc3)cc2)CC1. The summed E-state index contributed by atoms with van der Waals surface area (Å²) >= 11 is 0. The molecule has 1 fully saturated rings. The zero-order chi connectivity index (χ0) is 22.4. The van der Waals surface area contributed by atoms with Gasteiger partial charge in [-0.2, -0.15) is 0 Å². The molecule has 0 saturated carbocycles. The van der Waals surface area contributed by atoms with Crippen molar-refractivity contribution in [2.45, 2.75) is 33.6 Å². The molecule has 0 unspecified atom stereocenters. The number of hydrogen-bond acceptors (Lipinski definition) is 3. The third-order valence-corrected chi connectivity index (χ3v) is 5.62. The van der Waals surface area contributed by atoms with Gasteiger partial charge in [-0.3, -0.25) is 9.59 Å². The summed E-state index contributed by atoms with van der Waals surface area (Å²) in [7, 11) is 0. The fourth-order valence-electron chi connectivity index (χ4n) is 3.65. The fourth-order valence-corrected chi connectivity index (χ4v) is 3.65. The average Bonchev–Trinajstić information content (AvgIpc) is 2.78. The molecule has 3 rings (SSSR count). The van der Waals surface area contributed by atoms with Crippen LogP contribution in [0.5, 0.6) is 0 Å². The van der Waals surface area contributed by atoms with Crippen LogP contribution in [0.15, 0.2) is 54.6 Å². The van der Waals surface area contributed by atoms with Crippen molar-refractivity contribution in [3.05, 3.63) is 65.7 Å². The van der Waals surface area contributed by atoms with Crippen LogP contribution in [0.1, 0.15) is 44.7 Å². The summed E-state index contributed by atoms with van der Waals surface area (Å²) < 4.78 is 0. The zero-order valence-electron chi connectivity index (χ0n) is 19.0. The molecule has 1 saturated heterocycles. The van der Waals surface area contributed by atoms with Crippen LogP contribution in [-0.4, -0.2) is 42.9 Å². The lowest BCUT2D eigenvalue weighted by atomic mass is 10.0. The fraction of sp³-hybridized carbons (Fsp3) is 0.385. The maximum Gasteiger partial charge on any atom is 0.248 e. The van der Waals surface area contributed by atoms with E-state index in [4.69, 9.17) is 0 Å². The smallest absolute Gasteiger partial charge is 0.248 e. The van der Waals surface area contributed by atoms with E-state index in [-0.39, 0.29) is 17.7 Å². The summed E-state index contributed by atoms with van der Waals surface area (Å²) in [4.78, 5) is 28.6. The highest BCUT2D eigenvalue weighted by Gasteiger charge is 2.22. The predicted octanol–water partition coefficient (Wildman–Crippen LogP) is 4.77. The minimum atomic E-state index is -0.151. The lowest BCUT2D eigenvalue weighted by Crippen LogP contribution is -2.49. The number of rotatable bonds is 6. The first-order chi connectivity index (χ1) is 14.8. The lowest BCUT2D eigenvalue weighted by molar-refractivity contribution is -0.134. The Balaban J connectivity index is 1.51. The molecule has 31 heavy (non-hydrogen) atoms. The maximum atomic E-state index is 12.3. The first-order valence-electron chi connectivity index (χ1n) is 11.1. The van der Waals surface area contributed by atoms with Crippen molar-refractivity contribution in [1.29, 1.82) is 0 Å². The summed E-state index contributed by atoms with van der Waals surface area (Å²) in [5.74, 6) is 0.613. The van der Waals surface area contributed by atoms with Crippen LogP contribution in [0, 0.1) is 5.92 Å². The molecule has 164 valence electrons. The Kier molecular flexibility index (Phi) is 7.50. The van der Waals surface area contributed by atoms with E-state index in [1.165, 1.54) is 5.56 Å². The Hall–Kier alpha value is -3.08. The third kappa shape index (κ3) is 6.20. The molecule has 1 heterocycles. The van der Waals surface area contributed by atoms with Crippen molar-refractivity contribution in [3.8, 4) is 0 Å². The number of nitrogens with zero attached hydrogens (tertiary/aromatic N) is 2. The number of anilines is 2. The van der Waals surface area contributed by atoms with Crippen LogP contribution in [0.25, 0.3) is 6.08 Å². The number of amides is 2. The Labute approximate surface area is 185 Å². The molecule has 2 aromatic rings.